The van der Waals surface area contributed by atoms with E-state index in [-0.39, 0.29) is 21.2 Å². The van der Waals surface area contributed by atoms with E-state index >= 15 is 0 Å². The Kier molecular flexibility index (Phi) is 5.02. The predicted octanol–water partition coefficient (Wildman–Crippen LogP) is -4.34. The van der Waals surface area contributed by atoms with E-state index in [1.54, 1.807) is 0 Å². The summed E-state index contributed by atoms with van der Waals surface area (Å²) in [6.45, 7) is 0. The number of alkyl halides is 2. The van der Waals surface area contributed by atoms with Gasteiger partial charge in [-0.2, -0.15) is 0 Å². The number of halogens is 1. The van der Waals surface area contributed by atoms with Gasteiger partial charge < -0.3 is 0 Å². The van der Waals surface area contributed by atoms with Gasteiger partial charge in [0, 0.05) is 0 Å². The summed E-state index contributed by atoms with van der Waals surface area (Å²) in [5, 5.41) is 19.1. The van der Waals surface area contributed by atoms with Gasteiger partial charge in [-0.15, -0.1) is 0 Å². The van der Waals surface area contributed by atoms with E-state index in [2.05, 4.69) is 5.32 Å². The van der Waals surface area contributed by atoms with Crippen molar-refractivity contribution < 1.29 is 36.2 Å². The van der Waals surface area contributed by atoms with E-state index in [4.69, 9.17) is 10.2 Å². The van der Waals surface area contributed by atoms with E-state index in [1.807, 2.05) is 4.93 Å². The average Bonchev–Trinajstić information content (AvgIpc) is 1.82. The number of aliphatic carboxylic acids is 1. The van der Waals surface area contributed by atoms with Gasteiger partial charge in [0.1, 0.15) is 0 Å². The van der Waals surface area contributed by atoms with Gasteiger partial charge in [-0.1, -0.05) is 0 Å². The molecule has 0 aromatic carbocycles. The van der Waals surface area contributed by atoms with Gasteiger partial charge in [-0.25, -0.2) is 0 Å². The minimum atomic E-state index is -1.38. The van der Waals surface area contributed by atoms with E-state index in [0.29, 0.717) is 4.55 Å². The summed E-state index contributed by atoms with van der Waals surface area (Å²) in [4.78, 5) is 11.9. The molecule has 0 aliphatic heterocycles. The molecule has 0 fully saturated rings. The molecule has 0 saturated heterocycles. The standard InChI is InChI=1S/C4H9INO3/c1-5-2-6-3(7)4(8)9/h3,6-7H,2H2,1H3,(H,8,9)/q-1. The maximum absolute atomic E-state index is 9.90. The SMILES string of the molecule is C[I-]CNC(O)C(=O)O. The minimum absolute atomic E-state index is 0.0138. The molecule has 56 valence electrons. The van der Waals surface area contributed by atoms with Crippen LogP contribution in [-0.4, -0.2) is 31.9 Å². The first-order chi connectivity index (χ1) is 4.18. The third-order valence-corrected chi connectivity index (χ3v) is 1.84. The first-order valence-electron chi connectivity index (χ1n) is 2.26. The van der Waals surface area contributed by atoms with Gasteiger partial charge in [0.05, 0.1) is 0 Å². The van der Waals surface area contributed by atoms with Crippen molar-refractivity contribution in [1.29, 1.82) is 0 Å². The number of aliphatic hydroxyl groups excluding tert-OH is 1. The molecule has 0 saturated carbocycles. The summed E-state index contributed by atoms with van der Waals surface area (Å²) in [5.74, 6) is -1.22. The molecule has 1 unspecified atom stereocenters. The topological polar surface area (TPSA) is 69.6 Å². The van der Waals surface area contributed by atoms with Crippen molar-refractivity contribution in [1.82, 2.24) is 5.32 Å². The Bertz CT molecular complexity index is 97.8. The van der Waals surface area contributed by atoms with E-state index in [9.17, 15) is 4.79 Å². The fourth-order valence-electron chi connectivity index (χ4n) is 0.238. The number of rotatable bonds is 4. The zero-order chi connectivity index (χ0) is 7.28. The molecule has 0 aromatic rings. The number of nitrogens with one attached hydrogen (secondary N) is 1. The third-order valence-electron chi connectivity index (χ3n) is 0.638. The molecule has 9 heavy (non-hydrogen) atoms. The molecule has 0 rings (SSSR count). The van der Waals surface area contributed by atoms with Crippen LogP contribution in [0.2, 0.25) is 0 Å². The van der Waals surface area contributed by atoms with Crippen LogP contribution < -0.4 is 26.5 Å². The number of carboxylic acid groups (broad SMARTS) is 1. The first-order valence-corrected chi connectivity index (χ1v) is 5.95. The molecule has 1 atom stereocenters. The second-order valence-electron chi connectivity index (χ2n) is 1.35. The van der Waals surface area contributed by atoms with Crippen molar-refractivity contribution in [3.8, 4) is 0 Å². The van der Waals surface area contributed by atoms with Crippen molar-refractivity contribution in [2.24, 2.45) is 0 Å². The third kappa shape index (κ3) is 4.61. The van der Waals surface area contributed by atoms with E-state index in [1.165, 1.54) is 0 Å². The molecule has 0 spiro atoms. The predicted molar refractivity (Wildman–Crippen MR) is 27.6 cm³/mol. The van der Waals surface area contributed by atoms with Gasteiger partial charge in [0.15, 0.2) is 0 Å². The van der Waals surface area contributed by atoms with Crippen molar-refractivity contribution in [3.05, 3.63) is 0 Å². The Hall–Kier alpha value is 0.120. The second-order valence-corrected chi connectivity index (χ2v) is 3.63. The van der Waals surface area contributed by atoms with Crippen LogP contribution in [0.3, 0.4) is 0 Å². The Morgan fingerprint density at radius 2 is 2.44 bits per heavy atom. The Labute approximate surface area is 63.5 Å². The fourth-order valence-corrected chi connectivity index (χ4v) is 1.10. The van der Waals surface area contributed by atoms with Crippen molar-refractivity contribution in [3.63, 3.8) is 0 Å². The van der Waals surface area contributed by atoms with Gasteiger partial charge >= 0.3 is 63.2 Å². The molecule has 0 heterocycles. The van der Waals surface area contributed by atoms with Gasteiger partial charge in [-0.3, -0.25) is 0 Å². The average molecular weight is 246 g/mol. The monoisotopic (exact) mass is 246 g/mol. The zero-order valence-electron chi connectivity index (χ0n) is 4.97. The Morgan fingerprint density at radius 1 is 1.89 bits per heavy atom. The van der Waals surface area contributed by atoms with Gasteiger partial charge in [-0.05, 0) is 0 Å². The maximum atomic E-state index is 9.90. The van der Waals surface area contributed by atoms with Crippen molar-refractivity contribution in [2.75, 3.05) is 9.48 Å². The summed E-state index contributed by atoms with van der Waals surface area (Å²) >= 11 is 0.0138. The first kappa shape index (κ1) is 9.12. The Balaban J connectivity index is 3.27. The molecule has 0 bridgehead atoms. The molecule has 0 aliphatic carbocycles. The summed E-state index contributed by atoms with van der Waals surface area (Å²) < 4.78 is 0.631. The van der Waals surface area contributed by atoms with Gasteiger partial charge in [0.25, 0.3) is 0 Å². The Morgan fingerprint density at radius 3 is 2.78 bits per heavy atom. The number of aliphatic hydroxyl groups is 1. The number of hydrogen-bond acceptors (Lipinski definition) is 3. The van der Waals surface area contributed by atoms with Crippen LogP contribution in [0.15, 0.2) is 0 Å². The van der Waals surface area contributed by atoms with Crippen LogP contribution in [-0.2, 0) is 4.79 Å². The normalized spacial score (nSPS) is 13.6. The van der Waals surface area contributed by atoms with E-state index < -0.39 is 12.2 Å². The van der Waals surface area contributed by atoms with Crippen LogP contribution >= 0.6 is 0 Å². The van der Waals surface area contributed by atoms with Gasteiger partial charge in [0.2, 0.25) is 0 Å². The molecule has 5 heteroatoms. The second kappa shape index (κ2) is 4.95. The summed E-state index contributed by atoms with van der Waals surface area (Å²) in [6, 6.07) is 0. The molecule has 0 amide bonds. The summed E-state index contributed by atoms with van der Waals surface area (Å²) in [6.07, 6.45) is -1.38. The molecule has 0 aliphatic rings. The van der Waals surface area contributed by atoms with Crippen LogP contribution in [0, 0.1) is 0 Å². The van der Waals surface area contributed by atoms with Crippen molar-refractivity contribution in [2.45, 2.75) is 6.23 Å². The molecular weight excluding hydrogens is 237 g/mol. The fraction of sp³-hybridized carbons (Fsp3) is 0.750. The zero-order valence-corrected chi connectivity index (χ0v) is 7.12. The number of hydrogen-bond donors (Lipinski definition) is 3. The van der Waals surface area contributed by atoms with E-state index in [0.717, 1.165) is 0 Å². The quantitative estimate of drug-likeness (QED) is 0.203. The van der Waals surface area contributed by atoms with Crippen LogP contribution in [0.5, 0.6) is 0 Å². The van der Waals surface area contributed by atoms with Crippen LogP contribution in [0.4, 0.5) is 0 Å². The molecule has 4 nitrogen and oxygen atoms in total. The summed E-state index contributed by atoms with van der Waals surface area (Å²) in [5.41, 5.74) is 0. The molecule has 0 radical (unpaired) electrons. The summed E-state index contributed by atoms with van der Waals surface area (Å²) in [7, 11) is 0. The van der Waals surface area contributed by atoms with Crippen molar-refractivity contribution >= 4 is 5.97 Å². The number of carboxylic acids is 1. The molecule has 3 N–H and O–H groups in total. The molecule has 0 aromatic heterocycles. The molecular formula is C4H9INO3-. The number of carbonyl (C=O) groups is 1. The van der Waals surface area contributed by atoms with Crippen LogP contribution in [0.25, 0.3) is 0 Å². The van der Waals surface area contributed by atoms with Crippen LogP contribution in [0.1, 0.15) is 0 Å².